The number of rotatable bonds is 2. The lowest BCUT2D eigenvalue weighted by atomic mass is 10.1. The molecule has 0 N–H and O–H groups in total. The summed E-state index contributed by atoms with van der Waals surface area (Å²) in [5.74, 6) is -2.42. The fraction of sp³-hybridized carbons (Fsp3) is 1.00. The molecule has 2 saturated heterocycles. The van der Waals surface area contributed by atoms with Gasteiger partial charge in [0, 0.05) is 6.42 Å². The molecule has 0 aromatic heterocycles. The van der Waals surface area contributed by atoms with E-state index in [2.05, 4.69) is 0 Å². The van der Waals surface area contributed by atoms with Crippen molar-refractivity contribution >= 4 is 0 Å². The van der Waals surface area contributed by atoms with Crippen molar-refractivity contribution in [3.8, 4) is 0 Å². The second kappa shape index (κ2) is 10.4. The summed E-state index contributed by atoms with van der Waals surface area (Å²) in [4.78, 5) is 3.28. The number of piperidine rings is 1. The molecule has 2 aliphatic heterocycles. The van der Waals surface area contributed by atoms with E-state index in [1.165, 1.54) is 4.90 Å². The van der Waals surface area contributed by atoms with Crippen LogP contribution in [0.1, 0.15) is 53.4 Å². The van der Waals surface area contributed by atoms with Gasteiger partial charge in [-0.3, -0.25) is 9.80 Å². The van der Waals surface area contributed by atoms with Crippen LogP contribution in [0.3, 0.4) is 0 Å². The summed E-state index contributed by atoms with van der Waals surface area (Å²) in [6.07, 6.45) is -2.35. The van der Waals surface area contributed by atoms with Crippen molar-refractivity contribution in [2.75, 3.05) is 32.7 Å². The van der Waals surface area contributed by atoms with Crippen LogP contribution >= 0.6 is 0 Å². The molecule has 7 heteroatoms. The fourth-order valence-electron chi connectivity index (χ4n) is 2.89. The molecule has 0 radical (unpaired) electrons. The van der Waals surface area contributed by atoms with Gasteiger partial charge in [0.05, 0.1) is 6.54 Å². The largest absolute Gasteiger partial charge is 0.404 e. The summed E-state index contributed by atoms with van der Waals surface area (Å²) in [5, 5.41) is 0. The molecular formula is C16H31F5N2. The topological polar surface area (TPSA) is 6.48 Å². The van der Waals surface area contributed by atoms with Gasteiger partial charge in [-0.2, -0.15) is 13.2 Å². The summed E-state index contributed by atoms with van der Waals surface area (Å²) in [5.41, 5.74) is 0. The average Bonchev–Trinajstić information content (AvgIpc) is 2.97. The first-order chi connectivity index (χ1) is 10.7. The van der Waals surface area contributed by atoms with Crippen molar-refractivity contribution in [3.63, 3.8) is 0 Å². The standard InChI is InChI=1S/C7H12F3N.C7H13F2N.C2H6/c1-2-11-5-3-4-6(11)7(8,9)10;1-2-10-5-3-4-7(8,9)6-10;1-2/h6H,2-5H2,1H3;2-6H2,1H3;1-2H3. The molecule has 0 aromatic carbocycles. The van der Waals surface area contributed by atoms with Crippen LogP contribution in [0.4, 0.5) is 22.0 Å². The van der Waals surface area contributed by atoms with Crippen LogP contribution in [0.15, 0.2) is 0 Å². The highest BCUT2D eigenvalue weighted by Gasteiger charge is 2.45. The molecular weight excluding hydrogens is 315 g/mol. The second-order valence-corrected chi connectivity index (χ2v) is 5.66. The molecule has 0 saturated carbocycles. The molecule has 0 amide bonds. The molecule has 2 nitrogen and oxygen atoms in total. The van der Waals surface area contributed by atoms with E-state index in [1.54, 1.807) is 11.8 Å². The van der Waals surface area contributed by atoms with E-state index < -0.39 is 18.1 Å². The number of hydrogen-bond acceptors (Lipinski definition) is 2. The number of nitrogens with zero attached hydrogens (tertiary/aromatic N) is 2. The van der Waals surface area contributed by atoms with Crippen LogP contribution in [0.5, 0.6) is 0 Å². The van der Waals surface area contributed by atoms with E-state index >= 15 is 0 Å². The predicted octanol–water partition coefficient (Wildman–Crippen LogP) is 4.80. The van der Waals surface area contributed by atoms with E-state index in [0.717, 1.165) is 13.1 Å². The molecule has 0 bridgehead atoms. The first-order valence-electron chi connectivity index (χ1n) is 8.60. The van der Waals surface area contributed by atoms with Gasteiger partial charge in [0.15, 0.2) is 0 Å². The van der Waals surface area contributed by atoms with Gasteiger partial charge in [-0.25, -0.2) is 8.78 Å². The Morgan fingerprint density at radius 2 is 1.61 bits per heavy atom. The minimum Gasteiger partial charge on any atom is -0.298 e. The van der Waals surface area contributed by atoms with Crippen molar-refractivity contribution in [2.24, 2.45) is 0 Å². The van der Waals surface area contributed by atoms with Crippen molar-refractivity contribution in [3.05, 3.63) is 0 Å². The number of hydrogen-bond donors (Lipinski definition) is 0. The van der Waals surface area contributed by atoms with Gasteiger partial charge in [-0.05, 0) is 45.4 Å². The Balaban J connectivity index is 0.000000381. The molecule has 23 heavy (non-hydrogen) atoms. The molecule has 2 heterocycles. The summed E-state index contributed by atoms with van der Waals surface area (Å²) < 4.78 is 61.7. The van der Waals surface area contributed by atoms with E-state index in [-0.39, 0.29) is 19.4 Å². The zero-order valence-electron chi connectivity index (χ0n) is 14.7. The molecule has 2 fully saturated rings. The third kappa shape index (κ3) is 8.29. The summed E-state index contributed by atoms with van der Waals surface area (Å²) in [7, 11) is 0. The Morgan fingerprint density at radius 3 is 1.96 bits per heavy atom. The Morgan fingerprint density at radius 1 is 1.00 bits per heavy atom. The molecule has 0 aromatic rings. The Kier molecular flexibility index (Phi) is 10.2. The third-order valence-corrected chi connectivity index (χ3v) is 4.07. The number of halogens is 5. The maximum Gasteiger partial charge on any atom is 0.404 e. The van der Waals surface area contributed by atoms with Crippen LogP contribution in [-0.2, 0) is 0 Å². The average molecular weight is 346 g/mol. The molecule has 0 spiro atoms. The van der Waals surface area contributed by atoms with Gasteiger partial charge in [0.2, 0.25) is 0 Å². The lowest BCUT2D eigenvalue weighted by molar-refractivity contribution is -0.175. The first-order valence-corrected chi connectivity index (χ1v) is 8.60. The Labute approximate surface area is 137 Å². The molecule has 2 rings (SSSR count). The van der Waals surface area contributed by atoms with E-state index in [0.29, 0.717) is 25.9 Å². The van der Waals surface area contributed by atoms with Gasteiger partial charge < -0.3 is 0 Å². The molecule has 0 aliphatic carbocycles. The fourth-order valence-corrected chi connectivity index (χ4v) is 2.89. The zero-order chi connectivity index (χ0) is 18.1. The number of alkyl halides is 5. The molecule has 140 valence electrons. The van der Waals surface area contributed by atoms with Crippen LogP contribution in [0.2, 0.25) is 0 Å². The lowest BCUT2D eigenvalue weighted by Gasteiger charge is -2.31. The molecule has 1 atom stereocenters. The summed E-state index contributed by atoms with van der Waals surface area (Å²) in [6.45, 7) is 10.3. The quantitative estimate of drug-likeness (QED) is 0.663. The lowest BCUT2D eigenvalue weighted by Crippen LogP contribution is -2.42. The maximum absolute atomic E-state index is 12.6. The Hall–Kier alpha value is -0.430. The number of likely N-dealkylation sites (tertiary alicyclic amines) is 2. The third-order valence-electron chi connectivity index (χ3n) is 4.07. The minimum absolute atomic E-state index is 0.0382. The summed E-state index contributed by atoms with van der Waals surface area (Å²) >= 11 is 0. The van der Waals surface area contributed by atoms with Crippen molar-refractivity contribution in [2.45, 2.75) is 71.5 Å². The SMILES string of the molecule is CC.CCN1CCCC(F)(F)C1.CCN1CCCC1C(F)(F)F. The van der Waals surface area contributed by atoms with Crippen molar-refractivity contribution in [1.82, 2.24) is 9.80 Å². The zero-order valence-corrected chi connectivity index (χ0v) is 14.7. The van der Waals surface area contributed by atoms with Gasteiger partial charge >= 0.3 is 6.18 Å². The van der Waals surface area contributed by atoms with E-state index in [1.807, 2.05) is 20.8 Å². The van der Waals surface area contributed by atoms with Crippen molar-refractivity contribution < 1.29 is 22.0 Å². The molecule has 2 aliphatic rings. The Bertz CT molecular complexity index is 307. The predicted molar refractivity (Wildman–Crippen MR) is 84.0 cm³/mol. The second-order valence-electron chi connectivity index (χ2n) is 5.66. The van der Waals surface area contributed by atoms with E-state index in [4.69, 9.17) is 0 Å². The first kappa shape index (κ1) is 22.6. The van der Waals surface area contributed by atoms with Crippen LogP contribution in [-0.4, -0.2) is 60.7 Å². The van der Waals surface area contributed by atoms with Crippen LogP contribution < -0.4 is 0 Å². The summed E-state index contributed by atoms with van der Waals surface area (Å²) in [6, 6.07) is -1.17. The van der Waals surface area contributed by atoms with Crippen LogP contribution in [0.25, 0.3) is 0 Å². The van der Waals surface area contributed by atoms with Gasteiger partial charge in [-0.15, -0.1) is 0 Å². The van der Waals surface area contributed by atoms with Gasteiger partial charge in [0.25, 0.3) is 5.92 Å². The minimum atomic E-state index is -4.02. The van der Waals surface area contributed by atoms with Gasteiger partial charge in [0.1, 0.15) is 6.04 Å². The van der Waals surface area contributed by atoms with Gasteiger partial charge in [-0.1, -0.05) is 27.7 Å². The highest BCUT2D eigenvalue weighted by molar-refractivity contribution is 4.83. The normalized spacial score (nSPS) is 25.2. The smallest absolute Gasteiger partial charge is 0.298 e. The van der Waals surface area contributed by atoms with Crippen molar-refractivity contribution in [1.29, 1.82) is 0 Å². The van der Waals surface area contributed by atoms with Crippen LogP contribution in [0, 0.1) is 0 Å². The maximum atomic E-state index is 12.6. The monoisotopic (exact) mass is 346 g/mol. The van der Waals surface area contributed by atoms with E-state index in [9.17, 15) is 22.0 Å². The molecule has 1 unspecified atom stereocenters. The highest BCUT2D eigenvalue weighted by Crippen LogP contribution is 2.32. The highest BCUT2D eigenvalue weighted by atomic mass is 19.4.